The van der Waals surface area contributed by atoms with Crippen molar-refractivity contribution in [3.63, 3.8) is 0 Å². The minimum atomic E-state index is -1.31. The van der Waals surface area contributed by atoms with E-state index in [9.17, 15) is 15.2 Å². The molecule has 0 aromatic rings. The maximum absolute atomic E-state index is 11.4. The molecule has 0 bridgehead atoms. The molecule has 0 heterocycles. The summed E-state index contributed by atoms with van der Waals surface area (Å²) < 4.78 is 4.53. The summed E-state index contributed by atoms with van der Waals surface area (Å²) in [5.41, 5.74) is -0.933. The molecule has 0 aliphatic heterocycles. The Morgan fingerprint density at radius 1 is 1.59 bits per heavy atom. The first-order chi connectivity index (χ1) is 8.09. The van der Waals surface area contributed by atoms with Crippen LogP contribution in [0.5, 0.6) is 0 Å². The number of esters is 1. The van der Waals surface area contributed by atoms with Crippen molar-refractivity contribution >= 4 is 5.97 Å². The highest BCUT2D eigenvalue weighted by Crippen LogP contribution is 2.42. The lowest BCUT2D eigenvalue weighted by Gasteiger charge is -2.36. The number of hydrogen-bond acceptors (Lipinski definition) is 4. The molecule has 0 spiro atoms. The molecule has 0 saturated heterocycles. The number of rotatable bonds is 4. The van der Waals surface area contributed by atoms with Crippen molar-refractivity contribution < 1.29 is 14.6 Å². The normalized spacial score (nSPS) is 30.4. The van der Waals surface area contributed by atoms with Crippen molar-refractivity contribution in [1.29, 1.82) is 5.26 Å². The number of nitrogens with zero attached hydrogens (tertiary/aromatic N) is 1. The van der Waals surface area contributed by atoms with Crippen LogP contribution in [0.15, 0.2) is 0 Å². The molecule has 0 aromatic carbocycles. The molecule has 0 aromatic heterocycles. The van der Waals surface area contributed by atoms with Crippen LogP contribution in [0.25, 0.3) is 0 Å². The molecular weight excluding hydrogens is 218 g/mol. The number of aliphatic hydroxyl groups excluding tert-OH is 1. The molecule has 1 unspecified atom stereocenters. The van der Waals surface area contributed by atoms with E-state index < -0.39 is 17.5 Å². The van der Waals surface area contributed by atoms with Crippen molar-refractivity contribution in [2.75, 3.05) is 7.11 Å². The Bertz CT molecular complexity index is 300. The Morgan fingerprint density at radius 2 is 2.18 bits per heavy atom. The lowest BCUT2D eigenvalue weighted by molar-refractivity contribution is -0.157. The summed E-state index contributed by atoms with van der Waals surface area (Å²) in [5.74, 6) is -0.0631. The number of aliphatic hydroxyl groups is 1. The SMILES string of the molecule is CCCC1CCC(C#N)(C(O)C(=O)OC)CC1. The van der Waals surface area contributed by atoms with Gasteiger partial charge in [-0.2, -0.15) is 5.26 Å². The fraction of sp³-hybridized carbons (Fsp3) is 0.846. The van der Waals surface area contributed by atoms with Crippen LogP contribution in [-0.2, 0) is 9.53 Å². The van der Waals surface area contributed by atoms with Gasteiger partial charge in [-0.25, -0.2) is 4.79 Å². The maximum Gasteiger partial charge on any atom is 0.336 e. The molecule has 1 atom stereocenters. The molecule has 1 rings (SSSR count). The Labute approximate surface area is 103 Å². The molecule has 96 valence electrons. The van der Waals surface area contributed by atoms with Crippen LogP contribution >= 0.6 is 0 Å². The summed E-state index contributed by atoms with van der Waals surface area (Å²) >= 11 is 0. The van der Waals surface area contributed by atoms with Gasteiger partial charge < -0.3 is 9.84 Å². The topological polar surface area (TPSA) is 70.3 Å². The summed E-state index contributed by atoms with van der Waals surface area (Å²) in [7, 11) is 1.24. The second-order valence-corrected chi connectivity index (χ2v) is 4.93. The molecule has 1 aliphatic rings. The number of methoxy groups -OCH3 is 1. The molecule has 1 fully saturated rings. The first kappa shape index (κ1) is 14.0. The van der Waals surface area contributed by atoms with E-state index in [-0.39, 0.29) is 0 Å². The summed E-state index contributed by atoms with van der Waals surface area (Å²) in [4.78, 5) is 11.4. The molecule has 1 N–H and O–H groups in total. The van der Waals surface area contributed by atoms with E-state index in [1.165, 1.54) is 7.11 Å². The summed E-state index contributed by atoms with van der Waals surface area (Å²) in [6.45, 7) is 2.15. The minimum absolute atomic E-state index is 0.588. The van der Waals surface area contributed by atoms with Gasteiger partial charge in [0.1, 0.15) is 0 Å². The maximum atomic E-state index is 11.4. The van der Waals surface area contributed by atoms with Gasteiger partial charge in [-0.1, -0.05) is 19.8 Å². The zero-order valence-corrected chi connectivity index (χ0v) is 10.6. The highest BCUT2D eigenvalue weighted by Gasteiger charge is 2.45. The fourth-order valence-electron chi connectivity index (χ4n) is 2.67. The average Bonchev–Trinajstić information content (AvgIpc) is 2.38. The van der Waals surface area contributed by atoms with E-state index in [4.69, 9.17) is 0 Å². The van der Waals surface area contributed by atoms with Crippen molar-refractivity contribution in [2.24, 2.45) is 11.3 Å². The van der Waals surface area contributed by atoms with E-state index in [1.54, 1.807) is 0 Å². The lowest BCUT2D eigenvalue weighted by Crippen LogP contribution is -2.43. The smallest absolute Gasteiger partial charge is 0.336 e. The molecular formula is C13H21NO3. The van der Waals surface area contributed by atoms with Gasteiger partial charge in [-0.3, -0.25) is 0 Å². The van der Waals surface area contributed by atoms with Gasteiger partial charge in [0.15, 0.2) is 6.10 Å². The van der Waals surface area contributed by atoms with E-state index in [0.29, 0.717) is 18.8 Å². The highest BCUT2D eigenvalue weighted by molar-refractivity contribution is 5.76. The predicted octanol–water partition coefficient (Wildman–Crippen LogP) is 2.02. The Morgan fingerprint density at radius 3 is 2.59 bits per heavy atom. The van der Waals surface area contributed by atoms with Crippen LogP contribution in [0, 0.1) is 22.7 Å². The summed E-state index contributed by atoms with van der Waals surface area (Å²) in [6.07, 6.45) is 4.00. The van der Waals surface area contributed by atoms with Crippen molar-refractivity contribution in [3.8, 4) is 6.07 Å². The molecule has 0 amide bonds. The van der Waals surface area contributed by atoms with Crippen LogP contribution in [0.4, 0.5) is 0 Å². The second-order valence-electron chi connectivity index (χ2n) is 4.93. The molecule has 4 nitrogen and oxygen atoms in total. The Balaban J connectivity index is 2.67. The summed E-state index contributed by atoms with van der Waals surface area (Å²) in [6, 6.07) is 2.14. The monoisotopic (exact) mass is 239 g/mol. The molecule has 17 heavy (non-hydrogen) atoms. The number of hydrogen-bond donors (Lipinski definition) is 1. The van der Waals surface area contributed by atoms with Crippen LogP contribution in [0.2, 0.25) is 0 Å². The van der Waals surface area contributed by atoms with E-state index in [2.05, 4.69) is 17.7 Å². The quantitative estimate of drug-likeness (QED) is 0.762. The van der Waals surface area contributed by atoms with Gasteiger partial charge in [0.05, 0.1) is 18.6 Å². The molecule has 1 aliphatic carbocycles. The van der Waals surface area contributed by atoms with E-state index >= 15 is 0 Å². The first-order valence-corrected chi connectivity index (χ1v) is 6.26. The van der Waals surface area contributed by atoms with E-state index in [1.807, 2.05) is 0 Å². The van der Waals surface area contributed by atoms with Gasteiger partial charge in [0.25, 0.3) is 0 Å². The van der Waals surface area contributed by atoms with Crippen LogP contribution < -0.4 is 0 Å². The standard InChI is InChI=1S/C13H21NO3/c1-3-4-10-5-7-13(9-14,8-6-10)11(15)12(16)17-2/h10-11,15H,3-8H2,1-2H3. The lowest BCUT2D eigenvalue weighted by atomic mass is 9.67. The minimum Gasteiger partial charge on any atom is -0.467 e. The molecule has 1 saturated carbocycles. The van der Waals surface area contributed by atoms with Gasteiger partial charge in [-0.15, -0.1) is 0 Å². The third-order valence-electron chi connectivity index (χ3n) is 3.86. The van der Waals surface area contributed by atoms with Crippen molar-refractivity contribution in [3.05, 3.63) is 0 Å². The summed E-state index contributed by atoms with van der Waals surface area (Å²) in [5, 5.41) is 19.2. The van der Waals surface area contributed by atoms with Gasteiger partial charge in [-0.05, 0) is 31.6 Å². The number of carbonyl (C=O) groups is 1. The number of ether oxygens (including phenoxy) is 1. The van der Waals surface area contributed by atoms with Crippen LogP contribution in [0.3, 0.4) is 0 Å². The van der Waals surface area contributed by atoms with Gasteiger partial charge >= 0.3 is 5.97 Å². The number of nitriles is 1. The number of carbonyl (C=O) groups excluding carboxylic acids is 1. The largest absolute Gasteiger partial charge is 0.467 e. The van der Waals surface area contributed by atoms with Gasteiger partial charge in [0.2, 0.25) is 0 Å². The third-order valence-corrected chi connectivity index (χ3v) is 3.86. The third kappa shape index (κ3) is 2.98. The fourth-order valence-corrected chi connectivity index (χ4v) is 2.67. The zero-order valence-electron chi connectivity index (χ0n) is 10.6. The van der Waals surface area contributed by atoms with Crippen LogP contribution in [0.1, 0.15) is 45.4 Å². The van der Waals surface area contributed by atoms with E-state index in [0.717, 1.165) is 25.7 Å². The first-order valence-electron chi connectivity index (χ1n) is 6.26. The predicted molar refractivity (Wildman–Crippen MR) is 62.9 cm³/mol. The second kappa shape index (κ2) is 6.02. The highest BCUT2D eigenvalue weighted by atomic mass is 16.5. The van der Waals surface area contributed by atoms with Crippen molar-refractivity contribution in [1.82, 2.24) is 0 Å². The Kier molecular flexibility index (Phi) is 4.95. The van der Waals surface area contributed by atoms with Crippen LogP contribution in [-0.4, -0.2) is 24.3 Å². The average molecular weight is 239 g/mol. The molecule has 4 heteroatoms. The zero-order chi connectivity index (χ0) is 12.9. The Hall–Kier alpha value is -1.08. The molecule has 0 radical (unpaired) electrons. The van der Waals surface area contributed by atoms with Gasteiger partial charge in [0, 0.05) is 0 Å². The van der Waals surface area contributed by atoms with Crippen molar-refractivity contribution in [2.45, 2.75) is 51.6 Å².